The van der Waals surface area contributed by atoms with E-state index < -0.39 is 10.0 Å². The number of para-hydroxylation sites is 2. The van der Waals surface area contributed by atoms with Crippen LogP contribution in [-0.2, 0) is 10.0 Å². The van der Waals surface area contributed by atoms with Crippen LogP contribution >= 0.6 is 15.9 Å². The molecule has 0 atom stereocenters. The fraction of sp³-hybridized carbons (Fsp3) is 0.125. The maximum Gasteiger partial charge on any atom is 0.266 e. The van der Waals surface area contributed by atoms with Crippen LogP contribution in [0.1, 0.15) is 24.2 Å². The molecule has 3 aromatic carbocycles. The van der Waals surface area contributed by atoms with Crippen molar-refractivity contribution in [1.29, 1.82) is 0 Å². The molecule has 1 heterocycles. The molecule has 8 nitrogen and oxygen atoms in total. The van der Waals surface area contributed by atoms with Crippen molar-refractivity contribution in [3.63, 3.8) is 0 Å². The lowest BCUT2D eigenvalue weighted by Crippen LogP contribution is -2.17. The molecule has 0 amide bonds. The molecule has 4 rings (SSSR count). The Kier molecular flexibility index (Phi) is 6.80. The Morgan fingerprint density at radius 2 is 1.68 bits per heavy atom. The predicted octanol–water partition coefficient (Wildman–Crippen LogP) is 5.54. The molecule has 0 aliphatic carbocycles. The number of nitrogens with one attached hydrogen (secondary N) is 2. The number of aromatic nitrogens is 2. The van der Waals surface area contributed by atoms with E-state index in [0.717, 1.165) is 0 Å². The average Bonchev–Trinajstić information content (AvgIpc) is 2.80. The number of carbonyl (C=O) groups excluding carboxylic acids is 1. The maximum atomic E-state index is 13.4. The SMILES string of the molecule is CCOc1ccc(Br)cc1S(=O)(=O)Nc1nc2ccccc2nc1Nc1cccc(C(C)=O)c1. The Hall–Kier alpha value is -3.50. The zero-order valence-corrected chi connectivity index (χ0v) is 20.8. The molecule has 0 aliphatic heterocycles. The number of ketones is 1. The summed E-state index contributed by atoms with van der Waals surface area (Å²) >= 11 is 3.32. The van der Waals surface area contributed by atoms with E-state index in [1.165, 1.54) is 13.0 Å². The summed E-state index contributed by atoms with van der Waals surface area (Å²) in [4.78, 5) is 20.8. The Morgan fingerprint density at radius 1 is 0.971 bits per heavy atom. The third-order valence-corrected chi connectivity index (χ3v) is 6.68. The van der Waals surface area contributed by atoms with Gasteiger partial charge >= 0.3 is 0 Å². The van der Waals surface area contributed by atoms with Crippen LogP contribution < -0.4 is 14.8 Å². The van der Waals surface area contributed by atoms with Gasteiger partial charge in [-0.2, -0.15) is 0 Å². The molecule has 0 spiro atoms. The molecule has 10 heteroatoms. The summed E-state index contributed by atoms with van der Waals surface area (Å²) in [6, 6.07) is 18.7. The van der Waals surface area contributed by atoms with Gasteiger partial charge in [0.15, 0.2) is 17.4 Å². The molecule has 0 bridgehead atoms. The van der Waals surface area contributed by atoms with Crippen LogP contribution in [0.15, 0.2) is 76.1 Å². The largest absolute Gasteiger partial charge is 0.492 e. The molecule has 1 aromatic heterocycles. The molecular formula is C24H21BrN4O4S. The van der Waals surface area contributed by atoms with Crippen molar-refractivity contribution in [1.82, 2.24) is 9.97 Å². The summed E-state index contributed by atoms with van der Waals surface area (Å²) < 4.78 is 35.4. The maximum absolute atomic E-state index is 13.4. The number of benzene rings is 3. The Labute approximate surface area is 205 Å². The highest BCUT2D eigenvalue weighted by Crippen LogP contribution is 2.32. The number of ether oxygens (including phenoxy) is 1. The number of anilines is 3. The van der Waals surface area contributed by atoms with Crippen molar-refractivity contribution in [2.45, 2.75) is 18.7 Å². The van der Waals surface area contributed by atoms with Crippen molar-refractivity contribution in [2.75, 3.05) is 16.6 Å². The number of halogens is 1. The number of hydrogen-bond donors (Lipinski definition) is 2. The van der Waals surface area contributed by atoms with Crippen LogP contribution in [0.25, 0.3) is 11.0 Å². The standard InChI is InChI=1S/C24H21BrN4O4S/c1-3-33-21-12-11-17(25)14-22(21)34(31,32)29-24-23(27-19-9-4-5-10-20(19)28-24)26-18-8-6-7-16(13-18)15(2)30/h4-14H,3H2,1-2H3,(H,26,27)(H,28,29). The molecule has 4 aromatic rings. The fourth-order valence-corrected chi connectivity index (χ4v) is 4.95. The molecule has 0 aliphatic rings. The minimum absolute atomic E-state index is 0.00866. The minimum atomic E-state index is -4.10. The molecule has 174 valence electrons. The van der Waals surface area contributed by atoms with Crippen molar-refractivity contribution < 1.29 is 17.9 Å². The van der Waals surface area contributed by atoms with Crippen molar-refractivity contribution in [3.05, 3.63) is 76.8 Å². The second kappa shape index (κ2) is 9.78. The van der Waals surface area contributed by atoms with Gasteiger partial charge in [0.05, 0.1) is 17.6 Å². The summed E-state index contributed by atoms with van der Waals surface area (Å²) in [5.41, 5.74) is 2.17. The van der Waals surface area contributed by atoms with Gasteiger partial charge in [0, 0.05) is 15.7 Å². The lowest BCUT2D eigenvalue weighted by Gasteiger charge is -2.16. The van der Waals surface area contributed by atoms with Gasteiger partial charge in [-0.15, -0.1) is 0 Å². The molecule has 0 saturated carbocycles. The second-order valence-corrected chi connectivity index (χ2v) is 9.87. The summed E-state index contributed by atoms with van der Waals surface area (Å²) in [7, 11) is -4.10. The van der Waals surface area contributed by atoms with Gasteiger partial charge in [0.25, 0.3) is 10.0 Å². The summed E-state index contributed by atoms with van der Waals surface area (Å²) in [5.74, 6) is 0.327. The number of sulfonamides is 1. The summed E-state index contributed by atoms with van der Waals surface area (Å²) in [6.45, 7) is 3.56. The van der Waals surface area contributed by atoms with Crippen LogP contribution in [0.2, 0.25) is 0 Å². The summed E-state index contributed by atoms with van der Waals surface area (Å²) in [6.07, 6.45) is 0. The normalized spacial score (nSPS) is 11.3. The van der Waals surface area contributed by atoms with Crippen LogP contribution in [0.5, 0.6) is 5.75 Å². The topological polar surface area (TPSA) is 110 Å². The Bertz CT molecular complexity index is 1490. The molecule has 0 unspecified atom stereocenters. The molecule has 0 fully saturated rings. The van der Waals surface area contributed by atoms with Crippen molar-refractivity contribution in [3.8, 4) is 5.75 Å². The van der Waals surface area contributed by atoms with E-state index in [1.54, 1.807) is 61.5 Å². The quantitative estimate of drug-likeness (QED) is 0.282. The third kappa shape index (κ3) is 5.18. The Morgan fingerprint density at radius 3 is 2.35 bits per heavy atom. The summed E-state index contributed by atoms with van der Waals surface area (Å²) in [5, 5.41) is 3.09. The lowest BCUT2D eigenvalue weighted by atomic mass is 10.1. The first-order valence-electron chi connectivity index (χ1n) is 10.4. The smallest absolute Gasteiger partial charge is 0.266 e. The van der Waals surface area contributed by atoms with Crippen LogP contribution in [0.4, 0.5) is 17.3 Å². The van der Waals surface area contributed by atoms with Gasteiger partial charge in [-0.3, -0.25) is 9.52 Å². The van der Waals surface area contributed by atoms with Gasteiger partial charge in [0.1, 0.15) is 10.6 Å². The first kappa shape index (κ1) is 23.7. The van der Waals surface area contributed by atoms with E-state index in [1.807, 2.05) is 6.07 Å². The zero-order valence-electron chi connectivity index (χ0n) is 18.4. The van der Waals surface area contributed by atoms with Gasteiger partial charge in [0.2, 0.25) is 0 Å². The van der Waals surface area contributed by atoms with Crippen LogP contribution in [0.3, 0.4) is 0 Å². The monoisotopic (exact) mass is 540 g/mol. The number of rotatable bonds is 8. The fourth-order valence-electron chi connectivity index (χ4n) is 3.26. The highest BCUT2D eigenvalue weighted by Gasteiger charge is 2.23. The van der Waals surface area contributed by atoms with Gasteiger partial charge in [-0.25, -0.2) is 18.4 Å². The van der Waals surface area contributed by atoms with Gasteiger partial charge in [-0.1, -0.05) is 40.2 Å². The number of Topliss-reactive ketones (excluding diaryl/α,β-unsaturated/α-hetero) is 1. The number of nitrogens with zero attached hydrogens (tertiary/aromatic N) is 2. The minimum Gasteiger partial charge on any atom is -0.492 e. The lowest BCUT2D eigenvalue weighted by molar-refractivity contribution is 0.101. The first-order chi connectivity index (χ1) is 16.3. The molecule has 0 radical (unpaired) electrons. The van der Waals surface area contributed by atoms with E-state index >= 15 is 0 Å². The molecule has 0 saturated heterocycles. The number of fused-ring (bicyclic) bond motifs is 1. The van der Waals surface area contributed by atoms with Crippen LogP contribution in [-0.4, -0.2) is 30.8 Å². The zero-order chi connectivity index (χ0) is 24.3. The van der Waals surface area contributed by atoms with Crippen molar-refractivity contribution >= 4 is 60.1 Å². The van der Waals surface area contributed by atoms with Gasteiger partial charge in [-0.05, 0) is 56.3 Å². The highest BCUT2D eigenvalue weighted by atomic mass is 79.9. The predicted molar refractivity (Wildman–Crippen MR) is 135 cm³/mol. The van der Waals surface area contributed by atoms with Crippen LogP contribution in [0, 0.1) is 0 Å². The van der Waals surface area contributed by atoms with E-state index in [4.69, 9.17) is 4.74 Å². The first-order valence-corrected chi connectivity index (χ1v) is 12.6. The molecule has 34 heavy (non-hydrogen) atoms. The highest BCUT2D eigenvalue weighted by molar-refractivity contribution is 9.10. The molecular weight excluding hydrogens is 520 g/mol. The number of hydrogen-bond acceptors (Lipinski definition) is 7. The molecule has 2 N–H and O–H groups in total. The number of carbonyl (C=O) groups is 1. The van der Waals surface area contributed by atoms with E-state index in [9.17, 15) is 13.2 Å². The van der Waals surface area contributed by atoms with E-state index in [-0.39, 0.29) is 28.1 Å². The van der Waals surface area contributed by atoms with Gasteiger partial charge < -0.3 is 10.1 Å². The van der Waals surface area contributed by atoms with E-state index in [0.29, 0.717) is 33.4 Å². The third-order valence-electron chi connectivity index (χ3n) is 4.83. The second-order valence-electron chi connectivity index (χ2n) is 7.30. The van der Waals surface area contributed by atoms with E-state index in [2.05, 4.69) is 35.9 Å². The van der Waals surface area contributed by atoms with Crippen molar-refractivity contribution in [2.24, 2.45) is 0 Å². The average molecular weight is 541 g/mol. The Balaban J connectivity index is 1.80.